The second-order valence-electron chi connectivity index (χ2n) is 6.03. The zero-order valence-corrected chi connectivity index (χ0v) is 11.7. The first-order valence-electron chi connectivity index (χ1n) is 7.25. The third-order valence-corrected chi connectivity index (χ3v) is 4.51. The Morgan fingerprint density at radius 1 is 1.15 bits per heavy atom. The molecule has 0 spiro atoms. The summed E-state index contributed by atoms with van der Waals surface area (Å²) in [7, 11) is 0. The van der Waals surface area contributed by atoms with Crippen molar-refractivity contribution in [1.29, 1.82) is 0 Å². The molecule has 0 saturated heterocycles. The summed E-state index contributed by atoms with van der Waals surface area (Å²) in [5.74, 6) is -2.05. The van der Waals surface area contributed by atoms with Crippen LogP contribution in [0.3, 0.4) is 0 Å². The molecule has 1 unspecified atom stereocenters. The normalized spacial score (nSPS) is 24.6. The van der Waals surface area contributed by atoms with Crippen LogP contribution in [0, 0.1) is 35.2 Å². The van der Waals surface area contributed by atoms with E-state index in [1.165, 1.54) is 0 Å². The van der Waals surface area contributed by atoms with E-state index in [2.05, 4.69) is 6.92 Å². The highest BCUT2D eigenvalue weighted by atomic mass is 19.2. The van der Waals surface area contributed by atoms with Crippen molar-refractivity contribution in [3.8, 4) is 0 Å². The van der Waals surface area contributed by atoms with Gasteiger partial charge in [-0.05, 0) is 48.6 Å². The van der Waals surface area contributed by atoms with Crippen LogP contribution in [0.25, 0.3) is 0 Å². The molecule has 2 rings (SSSR count). The molecule has 0 bridgehead atoms. The second kappa shape index (κ2) is 6.61. The van der Waals surface area contributed by atoms with Crippen molar-refractivity contribution >= 4 is 0 Å². The van der Waals surface area contributed by atoms with Gasteiger partial charge in [0, 0.05) is 12.7 Å². The molecule has 0 radical (unpaired) electrons. The molecule has 4 heteroatoms. The van der Waals surface area contributed by atoms with Crippen LogP contribution in [0.1, 0.15) is 38.2 Å². The summed E-state index contributed by atoms with van der Waals surface area (Å²) in [6.07, 6.45) is 4.37. The molecule has 1 saturated carbocycles. The van der Waals surface area contributed by atoms with E-state index in [1.54, 1.807) is 0 Å². The van der Waals surface area contributed by atoms with Crippen LogP contribution in [0.5, 0.6) is 0 Å². The number of hydrogen-bond acceptors (Lipinski definition) is 1. The molecule has 1 nitrogen and oxygen atoms in total. The van der Waals surface area contributed by atoms with Crippen molar-refractivity contribution in [1.82, 2.24) is 0 Å². The number of aliphatic hydroxyl groups is 1. The molecule has 20 heavy (non-hydrogen) atoms. The maximum absolute atomic E-state index is 13.7. The summed E-state index contributed by atoms with van der Waals surface area (Å²) in [6.45, 7) is 2.13. The number of benzene rings is 1. The number of hydrogen-bond donors (Lipinski definition) is 1. The fraction of sp³-hybridized carbons (Fsp3) is 0.625. The van der Waals surface area contributed by atoms with Crippen LogP contribution >= 0.6 is 0 Å². The number of rotatable bonds is 4. The Balaban J connectivity index is 2.10. The molecule has 0 aromatic heterocycles. The minimum absolute atomic E-state index is 0.0279. The molecule has 112 valence electrons. The first-order chi connectivity index (χ1) is 9.51. The third-order valence-electron chi connectivity index (χ3n) is 4.51. The van der Waals surface area contributed by atoms with E-state index in [-0.39, 0.29) is 24.5 Å². The summed E-state index contributed by atoms with van der Waals surface area (Å²) in [5, 5.41) is 9.53. The average Bonchev–Trinajstić information content (AvgIpc) is 2.42. The maximum atomic E-state index is 13.7. The summed E-state index contributed by atoms with van der Waals surface area (Å²) in [4.78, 5) is 0. The second-order valence-corrected chi connectivity index (χ2v) is 6.03. The fourth-order valence-electron chi connectivity index (χ4n) is 3.18. The first-order valence-corrected chi connectivity index (χ1v) is 7.25. The molecular formula is C16H21F3O. The molecular weight excluding hydrogens is 265 g/mol. The highest BCUT2D eigenvalue weighted by Gasteiger charge is 2.27. The van der Waals surface area contributed by atoms with Gasteiger partial charge in [0.15, 0.2) is 11.6 Å². The van der Waals surface area contributed by atoms with Crippen LogP contribution in [-0.2, 0) is 6.42 Å². The van der Waals surface area contributed by atoms with Crippen molar-refractivity contribution in [3.63, 3.8) is 0 Å². The van der Waals surface area contributed by atoms with Gasteiger partial charge in [-0.3, -0.25) is 0 Å². The Labute approximate surface area is 117 Å². The van der Waals surface area contributed by atoms with Gasteiger partial charge in [-0.25, -0.2) is 13.2 Å². The zero-order valence-electron chi connectivity index (χ0n) is 11.7. The SMILES string of the molecule is CC1CCC(C(CO)Cc2cc(F)cc(F)c2F)CC1. The predicted molar refractivity (Wildman–Crippen MR) is 71.7 cm³/mol. The van der Waals surface area contributed by atoms with Gasteiger partial charge >= 0.3 is 0 Å². The quantitative estimate of drug-likeness (QED) is 0.827. The standard InChI is InChI=1S/C16H21F3O/c1-10-2-4-11(5-3-10)13(9-20)6-12-7-14(17)8-15(18)16(12)19/h7-8,10-11,13,20H,2-6,9H2,1H3. The summed E-state index contributed by atoms with van der Waals surface area (Å²) >= 11 is 0. The summed E-state index contributed by atoms with van der Waals surface area (Å²) < 4.78 is 40.1. The molecule has 1 aromatic carbocycles. The van der Waals surface area contributed by atoms with Crippen molar-refractivity contribution < 1.29 is 18.3 Å². The monoisotopic (exact) mass is 286 g/mol. The minimum Gasteiger partial charge on any atom is -0.396 e. The van der Waals surface area contributed by atoms with Crippen LogP contribution in [-0.4, -0.2) is 11.7 Å². The Bertz CT molecular complexity index is 453. The Kier molecular flexibility index (Phi) is 5.08. The van der Waals surface area contributed by atoms with E-state index < -0.39 is 17.5 Å². The van der Waals surface area contributed by atoms with Crippen molar-refractivity contribution in [3.05, 3.63) is 35.1 Å². The van der Waals surface area contributed by atoms with E-state index in [0.717, 1.165) is 31.7 Å². The predicted octanol–water partition coefficient (Wildman–Crippen LogP) is 4.08. The van der Waals surface area contributed by atoms with Crippen molar-refractivity contribution in [2.75, 3.05) is 6.61 Å². The molecule has 0 amide bonds. The highest BCUT2D eigenvalue weighted by Crippen LogP contribution is 2.35. The third kappa shape index (κ3) is 3.54. The zero-order chi connectivity index (χ0) is 14.7. The van der Waals surface area contributed by atoms with E-state index in [9.17, 15) is 18.3 Å². The molecule has 1 atom stereocenters. The van der Waals surface area contributed by atoms with Crippen LogP contribution in [0.15, 0.2) is 12.1 Å². The van der Waals surface area contributed by atoms with Crippen LogP contribution in [0.2, 0.25) is 0 Å². The minimum atomic E-state index is -1.16. The van der Waals surface area contributed by atoms with Gasteiger partial charge in [-0.1, -0.05) is 19.8 Å². The van der Waals surface area contributed by atoms with E-state index >= 15 is 0 Å². The topological polar surface area (TPSA) is 20.2 Å². The van der Waals surface area contributed by atoms with Gasteiger partial charge < -0.3 is 5.11 Å². The highest BCUT2D eigenvalue weighted by molar-refractivity contribution is 5.21. The van der Waals surface area contributed by atoms with Crippen molar-refractivity contribution in [2.24, 2.45) is 17.8 Å². The number of aliphatic hydroxyl groups excluding tert-OH is 1. The Hall–Kier alpha value is -1.03. The van der Waals surface area contributed by atoms with Gasteiger partial charge in [0.25, 0.3) is 0 Å². The lowest BCUT2D eigenvalue weighted by atomic mass is 9.74. The smallest absolute Gasteiger partial charge is 0.162 e. The maximum Gasteiger partial charge on any atom is 0.162 e. The van der Waals surface area contributed by atoms with Gasteiger partial charge in [0.05, 0.1) is 0 Å². The van der Waals surface area contributed by atoms with Gasteiger partial charge in [-0.2, -0.15) is 0 Å². The van der Waals surface area contributed by atoms with E-state index in [1.807, 2.05) is 0 Å². The van der Waals surface area contributed by atoms with Crippen molar-refractivity contribution in [2.45, 2.75) is 39.0 Å². The lowest BCUT2D eigenvalue weighted by molar-refractivity contribution is 0.133. The van der Waals surface area contributed by atoms with Gasteiger partial charge in [0.2, 0.25) is 0 Å². The summed E-state index contributed by atoms with van der Waals surface area (Å²) in [5.41, 5.74) is 0.0279. The van der Waals surface area contributed by atoms with Gasteiger partial charge in [-0.15, -0.1) is 0 Å². The van der Waals surface area contributed by atoms with Gasteiger partial charge in [0.1, 0.15) is 5.82 Å². The lowest BCUT2D eigenvalue weighted by Crippen LogP contribution is -2.25. The molecule has 1 aliphatic rings. The molecule has 1 fully saturated rings. The van der Waals surface area contributed by atoms with E-state index in [4.69, 9.17) is 0 Å². The lowest BCUT2D eigenvalue weighted by Gasteiger charge is -2.32. The average molecular weight is 286 g/mol. The molecule has 0 heterocycles. The molecule has 1 N–H and O–H groups in total. The summed E-state index contributed by atoms with van der Waals surface area (Å²) in [6, 6.07) is 1.58. The molecule has 0 aliphatic heterocycles. The molecule has 1 aromatic rings. The van der Waals surface area contributed by atoms with E-state index in [0.29, 0.717) is 17.9 Å². The molecule has 1 aliphatic carbocycles. The van der Waals surface area contributed by atoms with Crippen LogP contribution < -0.4 is 0 Å². The Morgan fingerprint density at radius 3 is 2.40 bits per heavy atom. The fourth-order valence-corrected chi connectivity index (χ4v) is 3.18. The largest absolute Gasteiger partial charge is 0.396 e. The number of halogens is 3. The van der Waals surface area contributed by atoms with Crippen LogP contribution in [0.4, 0.5) is 13.2 Å². The first kappa shape index (κ1) is 15.4. The Morgan fingerprint density at radius 2 is 1.80 bits per heavy atom.